The molecule has 2 saturated heterocycles. The number of nitrogens with zero attached hydrogens (tertiary/aromatic N) is 2. The summed E-state index contributed by atoms with van der Waals surface area (Å²) in [6, 6.07) is 9.89. The van der Waals surface area contributed by atoms with Gasteiger partial charge in [0.1, 0.15) is 11.4 Å². The first kappa shape index (κ1) is 13.7. The number of para-hydroxylation sites is 1. The standard InChI is InChI=1S/C16H17N3O2S/c1-21-15-5-3-2-4-12(15)13-7-14(18-17-13)16(20)19-8-11-6-10(19)9-22-11/h2-5,7,10-11H,6,8-9H2,1H3,(H,17,18). The lowest BCUT2D eigenvalue weighted by Crippen LogP contribution is -2.39. The van der Waals surface area contributed by atoms with Crippen LogP contribution in [0.4, 0.5) is 0 Å². The van der Waals surface area contributed by atoms with E-state index < -0.39 is 0 Å². The number of rotatable bonds is 3. The minimum atomic E-state index is 0.0569. The summed E-state index contributed by atoms with van der Waals surface area (Å²) in [5, 5.41) is 7.80. The summed E-state index contributed by atoms with van der Waals surface area (Å²) in [6.45, 7) is 0.858. The number of amides is 1. The largest absolute Gasteiger partial charge is 0.496 e. The SMILES string of the molecule is COc1ccccc1-c1cc(C(=O)N2CC3CC2CS3)[nH]n1. The third kappa shape index (κ3) is 2.18. The van der Waals surface area contributed by atoms with Gasteiger partial charge in [0.25, 0.3) is 5.91 Å². The fourth-order valence-electron chi connectivity index (χ4n) is 3.23. The van der Waals surface area contributed by atoms with E-state index in [2.05, 4.69) is 10.2 Å². The molecule has 2 fully saturated rings. The van der Waals surface area contributed by atoms with Gasteiger partial charge in [-0.25, -0.2) is 0 Å². The molecule has 1 aromatic carbocycles. The van der Waals surface area contributed by atoms with Crippen LogP contribution in [-0.2, 0) is 0 Å². The second-order valence-corrected chi connectivity index (χ2v) is 7.00. The van der Waals surface area contributed by atoms with E-state index in [1.54, 1.807) is 7.11 Å². The first-order valence-electron chi connectivity index (χ1n) is 7.37. The molecule has 1 aromatic heterocycles. The minimum absolute atomic E-state index is 0.0569. The highest BCUT2D eigenvalue weighted by Crippen LogP contribution is 2.38. The van der Waals surface area contributed by atoms with Gasteiger partial charge in [-0.15, -0.1) is 0 Å². The van der Waals surface area contributed by atoms with E-state index in [-0.39, 0.29) is 5.91 Å². The average molecular weight is 315 g/mol. The van der Waals surface area contributed by atoms with Crippen LogP contribution in [0.3, 0.4) is 0 Å². The van der Waals surface area contributed by atoms with Gasteiger partial charge in [0, 0.05) is 29.2 Å². The first-order chi connectivity index (χ1) is 10.8. The summed E-state index contributed by atoms with van der Waals surface area (Å²) in [4.78, 5) is 14.6. The van der Waals surface area contributed by atoms with Gasteiger partial charge in [-0.05, 0) is 24.6 Å². The third-order valence-corrected chi connectivity index (χ3v) is 5.74. The van der Waals surface area contributed by atoms with Crippen LogP contribution in [0.2, 0.25) is 0 Å². The third-order valence-electron chi connectivity index (χ3n) is 4.35. The number of hydrogen-bond acceptors (Lipinski definition) is 4. The van der Waals surface area contributed by atoms with Crippen LogP contribution >= 0.6 is 11.8 Å². The van der Waals surface area contributed by atoms with Gasteiger partial charge >= 0.3 is 0 Å². The van der Waals surface area contributed by atoms with E-state index in [4.69, 9.17) is 4.74 Å². The molecule has 2 atom stereocenters. The number of likely N-dealkylation sites (tertiary alicyclic amines) is 1. The Hall–Kier alpha value is -1.95. The number of methoxy groups -OCH3 is 1. The Kier molecular flexibility index (Phi) is 3.33. The van der Waals surface area contributed by atoms with Crippen molar-refractivity contribution in [2.75, 3.05) is 19.4 Å². The molecule has 22 heavy (non-hydrogen) atoms. The van der Waals surface area contributed by atoms with Crippen molar-refractivity contribution in [1.29, 1.82) is 0 Å². The van der Waals surface area contributed by atoms with E-state index in [0.717, 1.165) is 35.7 Å². The van der Waals surface area contributed by atoms with Gasteiger partial charge in [0.15, 0.2) is 0 Å². The molecule has 0 aliphatic carbocycles. The molecule has 0 spiro atoms. The van der Waals surface area contributed by atoms with Crippen molar-refractivity contribution in [3.8, 4) is 17.0 Å². The van der Waals surface area contributed by atoms with Crippen molar-refractivity contribution in [1.82, 2.24) is 15.1 Å². The number of aromatic amines is 1. The Morgan fingerprint density at radius 2 is 2.32 bits per heavy atom. The van der Waals surface area contributed by atoms with E-state index in [0.29, 0.717) is 17.0 Å². The monoisotopic (exact) mass is 315 g/mol. The molecule has 2 aliphatic rings. The van der Waals surface area contributed by atoms with Crippen LogP contribution in [0.25, 0.3) is 11.3 Å². The molecule has 5 nitrogen and oxygen atoms in total. The number of fused-ring (bicyclic) bond motifs is 2. The Morgan fingerprint density at radius 3 is 3.05 bits per heavy atom. The Morgan fingerprint density at radius 1 is 1.45 bits per heavy atom. The Labute approximate surface area is 133 Å². The summed E-state index contributed by atoms with van der Waals surface area (Å²) in [6.07, 6.45) is 1.13. The molecular formula is C16H17N3O2S. The van der Waals surface area contributed by atoms with Crippen molar-refractivity contribution in [2.24, 2.45) is 0 Å². The smallest absolute Gasteiger partial charge is 0.272 e. The van der Waals surface area contributed by atoms with Crippen molar-refractivity contribution in [2.45, 2.75) is 17.7 Å². The second kappa shape index (κ2) is 5.35. The molecule has 114 valence electrons. The van der Waals surface area contributed by atoms with E-state index >= 15 is 0 Å². The van der Waals surface area contributed by atoms with Crippen molar-refractivity contribution in [3.63, 3.8) is 0 Å². The lowest BCUT2D eigenvalue weighted by Gasteiger charge is -2.25. The number of aromatic nitrogens is 2. The highest BCUT2D eigenvalue weighted by molar-refractivity contribution is 8.00. The second-order valence-electron chi connectivity index (χ2n) is 5.67. The number of thioether (sulfide) groups is 1. The van der Waals surface area contributed by atoms with Crippen LogP contribution < -0.4 is 4.74 Å². The molecule has 2 aromatic rings. The molecule has 2 aliphatic heterocycles. The summed E-state index contributed by atoms with van der Waals surface area (Å²) in [7, 11) is 1.64. The van der Waals surface area contributed by atoms with Crippen molar-refractivity contribution in [3.05, 3.63) is 36.0 Å². The number of ether oxygens (including phenoxy) is 1. The fourth-order valence-corrected chi connectivity index (χ4v) is 4.66. The van der Waals surface area contributed by atoms with Crippen LogP contribution in [0.15, 0.2) is 30.3 Å². The molecule has 3 heterocycles. The maximum absolute atomic E-state index is 12.7. The van der Waals surface area contributed by atoms with Crippen LogP contribution in [0, 0.1) is 0 Å². The van der Waals surface area contributed by atoms with Crippen molar-refractivity contribution < 1.29 is 9.53 Å². The highest BCUT2D eigenvalue weighted by Gasteiger charge is 2.41. The van der Waals surface area contributed by atoms with Gasteiger partial charge < -0.3 is 9.64 Å². The maximum Gasteiger partial charge on any atom is 0.272 e. The molecule has 2 bridgehead atoms. The van der Waals surface area contributed by atoms with Gasteiger partial charge in [0.2, 0.25) is 0 Å². The van der Waals surface area contributed by atoms with Gasteiger partial charge in [-0.2, -0.15) is 16.9 Å². The number of hydrogen-bond donors (Lipinski definition) is 1. The predicted octanol–water partition coefficient (Wildman–Crippen LogP) is 2.42. The molecule has 1 amide bonds. The summed E-state index contributed by atoms with van der Waals surface area (Å²) < 4.78 is 5.36. The molecule has 4 rings (SSSR count). The molecule has 0 radical (unpaired) electrons. The number of carbonyl (C=O) groups is 1. The predicted molar refractivity (Wildman–Crippen MR) is 86.3 cm³/mol. The Bertz CT molecular complexity index is 715. The number of benzene rings is 1. The number of nitrogens with one attached hydrogen (secondary N) is 1. The topological polar surface area (TPSA) is 58.2 Å². The minimum Gasteiger partial charge on any atom is -0.496 e. The zero-order chi connectivity index (χ0) is 15.1. The average Bonchev–Trinajstić information content (AvgIpc) is 3.30. The summed E-state index contributed by atoms with van der Waals surface area (Å²) in [5.74, 6) is 1.87. The van der Waals surface area contributed by atoms with Crippen molar-refractivity contribution >= 4 is 17.7 Å². The molecular weight excluding hydrogens is 298 g/mol. The van der Waals surface area contributed by atoms with Gasteiger partial charge in [-0.3, -0.25) is 9.89 Å². The summed E-state index contributed by atoms with van der Waals surface area (Å²) in [5.41, 5.74) is 2.18. The molecule has 1 N–H and O–H groups in total. The normalized spacial score (nSPS) is 23.0. The zero-order valence-electron chi connectivity index (χ0n) is 12.3. The molecule has 2 unspecified atom stereocenters. The Balaban J connectivity index is 1.60. The van der Waals surface area contributed by atoms with E-state index in [1.807, 2.05) is 47.0 Å². The number of carbonyl (C=O) groups excluding carboxylic acids is 1. The highest BCUT2D eigenvalue weighted by atomic mass is 32.2. The lowest BCUT2D eigenvalue weighted by atomic mass is 10.1. The van der Waals surface area contributed by atoms with Gasteiger partial charge in [0.05, 0.1) is 12.8 Å². The van der Waals surface area contributed by atoms with Crippen LogP contribution in [0.5, 0.6) is 5.75 Å². The van der Waals surface area contributed by atoms with E-state index in [1.165, 1.54) is 0 Å². The quantitative estimate of drug-likeness (QED) is 0.945. The van der Waals surface area contributed by atoms with Gasteiger partial charge in [-0.1, -0.05) is 12.1 Å². The first-order valence-corrected chi connectivity index (χ1v) is 8.42. The fraction of sp³-hybridized carbons (Fsp3) is 0.375. The van der Waals surface area contributed by atoms with Crippen LogP contribution in [-0.4, -0.2) is 51.7 Å². The molecule has 0 saturated carbocycles. The maximum atomic E-state index is 12.7. The molecule has 6 heteroatoms. The summed E-state index contributed by atoms with van der Waals surface area (Å²) >= 11 is 1.98. The van der Waals surface area contributed by atoms with Crippen LogP contribution in [0.1, 0.15) is 16.9 Å². The number of H-pyrrole nitrogens is 1. The lowest BCUT2D eigenvalue weighted by molar-refractivity contribution is 0.0741. The zero-order valence-corrected chi connectivity index (χ0v) is 13.1. The van der Waals surface area contributed by atoms with E-state index in [9.17, 15) is 4.79 Å².